The van der Waals surface area contributed by atoms with Gasteiger partial charge in [0.25, 0.3) is 0 Å². The smallest absolute Gasteiger partial charge is 0.486 e. The summed E-state index contributed by atoms with van der Waals surface area (Å²) in [4.78, 5) is 3.73. The van der Waals surface area contributed by atoms with Gasteiger partial charge >= 0.3 is 6.36 Å². The van der Waals surface area contributed by atoms with Crippen molar-refractivity contribution in [3.8, 4) is 11.5 Å². The number of alkyl halides is 3. The van der Waals surface area contributed by atoms with Crippen molar-refractivity contribution in [3.05, 3.63) is 35.9 Å². The van der Waals surface area contributed by atoms with E-state index in [1.165, 1.54) is 24.3 Å². The fraction of sp³-hybridized carbons (Fsp3) is 0.154. The van der Waals surface area contributed by atoms with Crippen molar-refractivity contribution in [1.29, 1.82) is 0 Å². The Balaban J connectivity index is 2.19. The van der Waals surface area contributed by atoms with Crippen LogP contribution in [0.5, 0.6) is 11.5 Å². The standard InChI is InChI=1S/C13H13F3N4O2/c14-13(15,16)22-8-4-2-1-3-7(8)6-21-9-5-10(17)20-12(19)11(9)18/h1-5H,6,18H2,(H4,17,19,20). The zero-order valence-electron chi connectivity index (χ0n) is 11.2. The molecule has 9 heteroatoms. The normalized spacial score (nSPS) is 11.2. The highest BCUT2D eigenvalue weighted by molar-refractivity contribution is 5.70. The Bertz CT molecular complexity index is 677. The van der Waals surface area contributed by atoms with E-state index in [0.717, 1.165) is 0 Å². The maximum Gasteiger partial charge on any atom is 0.573 e. The van der Waals surface area contributed by atoms with Crippen LogP contribution < -0.4 is 26.7 Å². The van der Waals surface area contributed by atoms with Gasteiger partial charge in [-0.3, -0.25) is 0 Å². The topological polar surface area (TPSA) is 109 Å². The maximum atomic E-state index is 12.3. The van der Waals surface area contributed by atoms with Crippen LogP contribution in [0.3, 0.4) is 0 Å². The summed E-state index contributed by atoms with van der Waals surface area (Å²) in [7, 11) is 0. The molecule has 0 saturated carbocycles. The molecule has 1 aromatic carbocycles. The number of nitrogens with two attached hydrogens (primary N) is 3. The number of aromatic nitrogens is 1. The molecule has 0 aliphatic rings. The Morgan fingerprint density at radius 3 is 2.41 bits per heavy atom. The molecule has 0 unspecified atom stereocenters. The number of halogens is 3. The van der Waals surface area contributed by atoms with Gasteiger partial charge in [-0.2, -0.15) is 0 Å². The molecule has 0 radical (unpaired) electrons. The largest absolute Gasteiger partial charge is 0.573 e. The van der Waals surface area contributed by atoms with Crippen LogP contribution in [-0.2, 0) is 6.61 Å². The summed E-state index contributed by atoms with van der Waals surface area (Å²) in [5.74, 6) is -0.160. The average molecular weight is 314 g/mol. The molecule has 6 N–H and O–H groups in total. The van der Waals surface area contributed by atoms with Crippen molar-refractivity contribution in [2.45, 2.75) is 13.0 Å². The van der Waals surface area contributed by atoms with Crippen LogP contribution in [0.1, 0.15) is 5.56 Å². The van der Waals surface area contributed by atoms with Crippen LogP contribution in [0.15, 0.2) is 30.3 Å². The van der Waals surface area contributed by atoms with Crippen molar-refractivity contribution >= 4 is 17.3 Å². The first-order valence-electron chi connectivity index (χ1n) is 6.04. The molecule has 6 nitrogen and oxygen atoms in total. The molecular formula is C13H13F3N4O2. The van der Waals surface area contributed by atoms with Crippen LogP contribution in [0, 0.1) is 0 Å². The van der Waals surface area contributed by atoms with Crippen molar-refractivity contribution < 1.29 is 22.6 Å². The number of pyridine rings is 1. The third-order valence-corrected chi connectivity index (χ3v) is 2.65. The number of ether oxygens (including phenoxy) is 2. The van der Waals surface area contributed by atoms with Crippen molar-refractivity contribution in [1.82, 2.24) is 4.98 Å². The average Bonchev–Trinajstić information content (AvgIpc) is 2.41. The number of nitrogens with zero attached hydrogens (tertiary/aromatic N) is 1. The van der Waals surface area contributed by atoms with Crippen LogP contribution in [0.2, 0.25) is 0 Å². The van der Waals surface area contributed by atoms with E-state index in [4.69, 9.17) is 21.9 Å². The van der Waals surface area contributed by atoms with Crippen LogP contribution in [-0.4, -0.2) is 11.3 Å². The van der Waals surface area contributed by atoms with Gasteiger partial charge in [0.05, 0.1) is 0 Å². The summed E-state index contributed by atoms with van der Waals surface area (Å²) in [6.07, 6.45) is -4.79. The van der Waals surface area contributed by atoms with E-state index in [-0.39, 0.29) is 41.0 Å². The molecule has 0 amide bonds. The predicted octanol–water partition coefficient (Wildman–Crippen LogP) is 2.31. The molecule has 0 aliphatic heterocycles. The number of benzene rings is 1. The van der Waals surface area contributed by atoms with Gasteiger partial charge in [0.15, 0.2) is 5.82 Å². The second-order valence-electron chi connectivity index (χ2n) is 4.29. The summed E-state index contributed by atoms with van der Waals surface area (Å²) in [6, 6.07) is 6.93. The fourth-order valence-electron chi connectivity index (χ4n) is 1.69. The summed E-state index contributed by atoms with van der Waals surface area (Å²) in [5.41, 5.74) is 17.0. The number of nitrogen functional groups attached to an aromatic ring is 3. The summed E-state index contributed by atoms with van der Waals surface area (Å²) < 4.78 is 46.3. The molecule has 0 spiro atoms. The highest BCUT2D eigenvalue weighted by atomic mass is 19.4. The summed E-state index contributed by atoms with van der Waals surface area (Å²) in [6.45, 7) is -0.209. The van der Waals surface area contributed by atoms with Crippen molar-refractivity contribution in [3.63, 3.8) is 0 Å². The zero-order chi connectivity index (χ0) is 16.3. The van der Waals surface area contributed by atoms with E-state index >= 15 is 0 Å². The molecule has 0 bridgehead atoms. The molecule has 0 fully saturated rings. The van der Waals surface area contributed by atoms with E-state index in [1.54, 1.807) is 6.07 Å². The number of hydrogen-bond donors (Lipinski definition) is 3. The zero-order valence-corrected chi connectivity index (χ0v) is 11.2. The van der Waals surface area contributed by atoms with E-state index in [0.29, 0.717) is 0 Å². The number of anilines is 3. The maximum absolute atomic E-state index is 12.3. The van der Waals surface area contributed by atoms with Gasteiger partial charge in [-0.15, -0.1) is 13.2 Å². The van der Waals surface area contributed by atoms with Crippen molar-refractivity contribution in [2.24, 2.45) is 0 Å². The fourth-order valence-corrected chi connectivity index (χ4v) is 1.69. The Kier molecular flexibility index (Phi) is 4.15. The summed E-state index contributed by atoms with van der Waals surface area (Å²) >= 11 is 0. The van der Waals surface area contributed by atoms with E-state index < -0.39 is 6.36 Å². The molecular weight excluding hydrogens is 301 g/mol. The van der Waals surface area contributed by atoms with Gasteiger partial charge in [-0.1, -0.05) is 18.2 Å². The molecule has 0 saturated heterocycles. The van der Waals surface area contributed by atoms with E-state index in [9.17, 15) is 13.2 Å². The summed E-state index contributed by atoms with van der Waals surface area (Å²) in [5, 5.41) is 0. The number of hydrogen-bond acceptors (Lipinski definition) is 6. The van der Waals surface area contributed by atoms with Crippen LogP contribution in [0.25, 0.3) is 0 Å². The molecule has 118 valence electrons. The highest BCUT2D eigenvalue weighted by Gasteiger charge is 2.32. The first kappa shape index (κ1) is 15.5. The van der Waals surface area contributed by atoms with Crippen LogP contribution in [0.4, 0.5) is 30.5 Å². The molecule has 0 atom stereocenters. The lowest BCUT2D eigenvalue weighted by molar-refractivity contribution is -0.275. The van der Waals surface area contributed by atoms with Gasteiger partial charge in [-0.25, -0.2) is 4.98 Å². The first-order chi connectivity index (χ1) is 10.3. The van der Waals surface area contributed by atoms with Gasteiger partial charge in [0, 0.05) is 11.6 Å². The molecule has 2 aromatic rings. The van der Waals surface area contributed by atoms with Gasteiger partial charge < -0.3 is 26.7 Å². The first-order valence-corrected chi connectivity index (χ1v) is 6.04. The third kappa shape index (κ3) is 3.84. The van der Waals surface area contributed by atoms with Crippen LogP contribution >= 0.6 is 0 Å². The molecule has 2 rings (SSSR count). The molecule has 1 heterocycles. The minimum Gasteiger partial charge on any atom is -0.486 e. The third-order valence-electron chi connectivity index (χ3n) is 2.65. The quantitative estimate of drug-likeness (QED) is 0.799. The van der Waals surface area contributed by atoms with Gasteiger partial charge in [0.1, 0.15) is 29.6 Å². The monoisotopic (exact) mass is 314 g/mol. The minimum atomic E-state index is -4.79. The SMILES string of the molecule is Nc1cc(OCc2ccccc2OC(F)(F)F)c(N)c(N)n1. The lowest BCUT2D eigenvalue weighted by atomic mass is 10.2. The lowest BCUT2D eigenvalue weighted by Gasteiger charge is -2.15. The Labute approximate surface area is 123 Å². The second-order valence-corrected chi connectivity index (χ2v) is 4.29. The highest BCUT2D eigenvalue weighted by Crippen LogP contribution is 2.31. The lowest BCUT2D eigenvalue weighted by Crippen LogP contribution is -2.18. The van der Waals surface area contributed by atoms with Crippen molar-refractivity contribution in [2.75, 3.05) is 17.2 Å². The Morgan fingerprint density at radius 1 is 1.05 bits per heavy atom. The van der Waals surface area contributed by atoms with Gasteiger partial charge in [0.2, 0.25) is 0 Å². The molecule has 22 heavy (non-hydrogen) atoms. The molecule has 0 aliphatic carbocycles. The van der Waals surface area contributed by atoms with Gasteiger partial charge in [-0.05, 0) is 6.07 Å². The van der Waals surface area contributed by atoms with E-state index in [2.05, 4.69) is 9.72 Å². The number of rotatable bonds is 4. The minimum absolute atomic E-state index is 0.0187. The molecule has 1 aromatic heterocycles. The van der Waals surface area contributed by atoms with E-state index in [1.807, 2.05) is 0 Å². The Morgan fingerprint density at radius 2 is 1.73 bits per heavy atom. The number of para-hydroxylation sites is 1. The predicted molar refractivity (Wildman–Crippen MR) is 74.9 cm³/mol. The second kappa shape index (κ2) is 5.88. The Hall–Kier alpha value is -2.84.